The predicted molar refractivity (Wildman–Crippen MR) is 84.7 cm³/mol. The standard InChI is InChI=1S/C19H22O2/c1-19(2,16-8-10-17(20)11-9-16)15-6-3-14(4-7-15)5-12-18-13-21-18/h3-4,6-11,18,20H,5,12-13H2,1-2H3. The molecule has 1 aliphatic rings. The molecule has 0 radical (unpaired) electrons. The van der Waals surface area contributed by atoms with Gasteiger partial charge in [-0.25, -0.2) is 0 Å². The van der Waals surface area contributed by atoms with Crippen LogP contribution in [0.5, 0.6) is 5.75 Å². The second kappa shape index (κ2) is 5.53. The zero-order valence-corrected chi connectivity index (χ0v) is 12.7. The summed E-state index contributed by atoms with van der Waals surface area (Å²) in [6.45, 7) is 5.37. The number of aryl methyl sites for hydroxylation is 1. The Balaban J connectivity index is 1.76. The molecule has 1 saturated heterocycles. The number of hydrogen-bond donors (Lipinski definition) is 1. The zero-order valence-electron chi connectivity index (χ0n) is 12.7. The van der Waals surface area contributed by atoms with Gasteiger partial charge < -0.3 is 9.84 Å². The highest BCUT2D eigenvalue weighted by atomic mass is 16.6. The molecule has 21 heavy (non-hydrogen) atoms. The number of rotatable bonds is 5. The van der Waals surface area contributed by atoms with Gasteiger partial charge in [-0.2, -0.15) is 0 Å². The lowest BCUT2D eigenvalue weighted by atomic mass is 9.78. The fourth-order valence-corrected chi connectivity index (χ4v) is 2.70. The van der Waals surface area contributed by atoms with Crippen LogP contribution in [0.3, 0.4) is 0 Å². The lowest BCUT2D eigenvalue weighted by molar-refractivity contribution is 0.397. The molecule has 0 amide bonds. The maximum absolute atomic E-state index is 9.43. The molecule has 2 nitrogen and oxygen atoms in total. The van der Waals surface area contributed by atoms with Crippen molar-refractivity contribution in [2.75, 3.05) is 6.61 Å². The van der Waals surface area contributed by atoms with Crippen LogP contribution in [0, 0.1) is 0 Å². The Morgan fingerprint density at radius 2 is 1.52 bits per heavy atom. The van der Waals surface area contributed by atoms with E-state index in [1.807, 2.05) is 12.1 Å². The molecule has 2 aromatic rings. The van der Waals surface area contributed by atoms with E-state index >= 15 is 0 Å². The summed E-state index contributed by atoms with van der Waals surface area (Å²) in [5.41, 5.74) is 3.81. The van der Waals surface area contributed by atoms with Crippen molar-refractivity contribution >= 4 is 0 Å². The molecule has 1 N–H and O–H groups in total. The Kier molecular flexibility index (Phi) is 3.73. The van der Waals surface area contributed by atoms with Crippen LogP contribution in [0.4, 0.5) is 0 Å². The molecule has 0 bridgehead atoms. The first-order valence-electron chi connectivity index (χ1n) is 7.56. The minimum Gasteiger partial charge on any atom is -0.508 e. The minimum atomic E-state index is -0.0637. The Morgan fingerprint density at radius 3 is 2.05 bits per heavy atom. The minimum absolute atomic E-state index is 0.0637. The van der Waals surface area contributed by atoms with Crippen LogP contribution in [0.1, 0.15) is 37.0 Å². The van der Waals surface area contributed by atoms with E-state index in [-0.39, 0.29) is 5.41 Å². The Labute approximate surface area is 126 Å². The van der Waals surface area contributed by atoms with Gasteiger partial charge >= 0.3 is 0 Å². The molecule has 1 heterocycles. The first-order chi connectivity index (χ1) is 10.1. The predicted octanol–water partition coefficient (Wildman–Crippen LogP) is 4.05. The molecule has 0 spiro atoms. The highest BCUT2D eigenvalue weighted by molar-refractivity contribution is 5.40. The van der Waals surface area contributed by atoms with Gasteiger partial charge in [-0.15, -0.1) is 0 Å². The molecule has 1 atom stereocenters. The molecular formula is C19H22O2. The summed E-state index contributed by atoms with van der Waals surface area (Å²) < 4.78 is 5.26. The second-order valence-electron chi connectivity index (χ2n) is 6.36. The summed E-state index contributed by atoms with van der Waals surface area (Å²) in [6, 6.07) is 16.4. The van der Waals surface area contributed by atoms with E-state index in [9.17, 15) is 5.11 Å². The van der Waals surface area contributed by atoms with E-state index in [1.54, 1.807) is 12.1 Å². The highest BCUT2D eigenvalue weighted by Crippen LogP contribution is 2.32. The molecule has 3 rings (SSSR count). The maximum atomic E-state index is 9.43. The average Bonchev–Trinajstić information content (AvgIpc) is 3.30. The van der Waals surface area contributed by atoms with E-state index in [2.05, 4.69) is 38.1 Å². The van der Waals surface area contributed by atoms with Crippen LogP contribution in [0.2, 0.25) is 0 Å². The number of phenols is 1. The molecule has 110 valence electrons. The van der Waals surface area contributed by atoms with Crippen molar-refractivity contribution in [3.8, 4) is 5.75 Å². The normalized spacial score (nSPS) is 17.7. The fraction of sp³-hybridized carbons (Fsp3) is 0.368. The first-order valence-corrected chi connectivity index (χ1v) is 7.56. The van der Waals surface area contributed by atoms with Crippen molar-refractivity contribution in [2.45, 2.75) is 38.2 Å². The summed E-state index contributed by atoms with van der Waals surface area (Å²) in [6.07, 6.45) is 2.71. The highest BCUT2D eigenvalue weighted by Gasteiger charge is 2.24. The van der Waals surface area contributed by atoms with Gasteiger partial charge in [-0.3, -0.25) is 0 Å². The van der Waals surface area contributed by atoms with E-state index in [0.717, 1.165) is 19.4 Å². The van der Waals surface area contributed by atoms with Crippen molar-refractivity contribution in [1.82, 2.24) is 0 Å². The third-order valence-corrected chi connectivity index (χ3v) is 4.42. The van der Waals surface area contributed by atoms with Crippen LogP contribution in [-0.2, 0) is 16.6 Å². The number of hydrogen-bond acceptors (Lipinski definition) is 2. The Bertz CT molecular complexity index is 592. The zero-order chi connectivity index (χ0) is 14.9. The van der Waals surface area contributed by atoms with Crippen LogP contribution in [0.15, 0.2) is 48.5 Å². The second-order valence-corrected chi connectivity index (χ2v) is 6.36. The molecular weight excluding hydrogens is 260 g/mol. The molecule has 2 aromatic carbocycles. The SMILES string of the molecule is CC(C)(c1ccc(O)cc1)c1ccc(CCC2CO2)cc1. The summed E-state index contributed by atoms with van der Waals surface area (Å²) in [5, 5.41) is 9.43. The maximum Gasteiger partial charge on any atom is 0.115 e. The summed E-state index contributed by atoms with van der Waals surface area (Å²) in [7, 11) is 0. The topological polar surface area (TPSA) is 32.8 Å². The van der Waals surface area contributed by atoms with Crippen molar-refractivity contribution in [3.63, 3.8) is 0 Å². The molecule has 1 unspecified atom stereocenters. The molecule has 0 aromatic heterocycles. The Morgan fingerprint density at radius 1 is 1.00 bits per heavy atom. The van der Waals surface area contributed by atoms with Gasteiger partial charge in [0, 0.05) is 5.41 Å². The van der Waals surface area contributed by atoms with Gasteiger partial charge in [0.05, 0.1) is 12.7 Å². The molecule has 2 heteroatoms. The summed E-state index contributed by atoms with van der Waals surface area (Å²) >= 11 is 0. The molecule has 1 aliphatic heterocycles. The van der Waals surface area contributed by atoms with Crippen LogP contribution >= 0.6 is 0 Å². The quantitative estimate of drug-likeness (QED) is 0.839. The van der Waals surface area contributed by atoms with Gasteiger partial charge in [-0.05, 0) is 41.7 Å². The van der Waals surface area contributed by atoms with Crippen LogP contribution < -0.4 is 0 Å². The fourth-order valence-electron chi connectivity index (χ4n) is 2.70. The van der Waals surface area contributed by atoms with Crippen molar-refractivity contribution < 1.29 is 9.84 Å². The number of ether oxygens (including phenoxy) is 1. The van der Waals surface area contributed by atoms with Crippen LogP contribution in [0.25, 0.3) is 0 Å². The number of aromatic hydroxyl groups is 1. The number of epoxide rings is 1. The third kappa shape index (κ3) is 3.27. The van der Waals surface area contributed by atoms with Gasteiger partial charge in [0.1, 0.15) is 5.75 Å². The monoisotopic (exact) mass is 282 g/mol. The first kappa shape index (κ1) is 14.2. The van der Waals surface area contributed by atoms with Crippen molar-refractivity contribution in [2.24, 2.45) is 0 Å². The number of benzene rings is 2. The van der Waals surface area contributed by atoms with Crippen molar-refractivity contribution in [3.05, 3.63) is 65.2 Å². The lowest BCUT2D eigenvalue weighted by Gasteiger charge is -2.26. The van der Waals surface area contributed by atoms with Gasteiger partial charge in [0.2, 0.25) is 0 Å². The number of phenolic OH excluding ortho intramolecular Hbond substituents is 1. The average molecular weight is 282 g/mol. The van der Waals surface area contributed by atoms with Gasteiger partial charge in [0.15, 0.2) is 0 Å². The lowest BCUT2D eigenvalue weighted by Crippen LogP contribution is -2.18. The Hall–Kier alpha value is -1.80. The van der Waals surface area contributed by atoms with Crippen molar-refractivity contribution in [1.29, 1.82) is 0 Å². The van der Waals surface area contributed by atoms with E-state index in [4.69, 9.17) is 4.74 Å². The van der Waals surface area contributed by atoms with E-state index in [0.29, 0.717) is 11.9 Å². The molecule has 0 saturated carbocycles. The third-order valence-electron chi connectivity index (χ3n) is 4.42. The summed E-state index contributed by atoms with van der Waals surface area (Å²) in [4.78, 5) is 0. The van der Waals surface area contributed by atoms with E-state index in [1.165, 1.54) is 16.7 Å². The van der Waals surface area contributed by atoms with Crippen LogP contribution in [-0.4, -0.2) is 17.8 Å². The van der Waals surface area contributed by atoms with Gasteiger partial charge in [0.25, 0.3) is 0 Å². The molecule has 1 fully saturated rings. The largest absolute Gasteiger partial charge is 0.508 e. The summed E-state index contributed by atoms with van der Waals surface area (Å²) in [5.74, 6) is 0.312. The van der Waals surface area contributed by atoms with Gasteiger partial charge in [-0.1, -0.05) is 50.2 Å². The van der Waals surface area contributed by atoms with E-state index < -0.39 is 0 Å². The smallest absolute Gasteiger partial charge is 0.115 e. The molecule has 0 aliphatic carbocycles.